The molecule has 2 aromatic rings. The van der Waals surface area contributed by atoms with Gasteiger partial charge < -0.3 is 26.0 Å². The van der Waals surface area contributed by atoms with Gasteiger partial charge >= 0.3 is 5.30 Å². The van der Waals surface area contributed by atoms with Gasteiger partial charge in [-0.15, -0.1) is 0 Å². The van der Waals surface area contributed by atoms with Crippen LogP contribution in [0, 0.1) is 5.92 Å². The number of nitrogens with zero attached hydrogens (tertiary/aromatic N) is 3. The summed E-state index contributed by atoms with van der Waals surface area (Å²) >= 11 is 0. The molecule has 1 aromatic heterocycles. The first kappa shape index (κ1) is 28.8. The number of rotatable bonds is 9. The van der Waals surface area contributed by atoms with Crippen LogP contribution in [0.3, 0.4) is 0 Å². The number of anilines is 3. The average Bonchev–Trinajstić information content (AvgIpc) is 3.29. The van der Waals surface area contributed by atoms with E-state index in [9.17, 15) is 18.0 Å². The maximum atomic E-state index is 12.2. The Labute approximate surface area is 231 Å². The number of amides is 1. The summed E-state index contributed by atoms with van der Waals surface area (Å²) in [5.41, 5.74) is 5.86. The lowest BCUT2D eigenvalue weighted by atomic mass is 9.97. The fourth-order valence-electron chi connectivity index (χ4n) is 4.40. The van der Waals surface area contributed by atoms with Gasteiger partial charge in [-0.25, -0.2) is 13.2 Å². The van der Waals surface area contributed by atoms with Gasteiger partial charge in [0, 0.05) is 38.5 Å². The number of benzene rings is 1. The van der Waals surface area contributed by atoms with Crippen molar-refractivity contribution in [2.45, 2.75) is 43.7 Å². The van der Waals surface area contributed by atoms with Crippen molar-refractivity contribution in [1.82, 2.24) is 14.7 Å². The molecular formula is C25H35N7O5S2. The van der Waals surface area contributed by atoms with Crippen LogP contribution in [-0.4, -0.2) is 73.0 Å². The Morgan fingerprint density at radius 1 is 1.28 bits per heavy atom. The van der Waals surface area contributed by atoms with Crippen LogP contribution in [-0.2, 0) is 25.9 Å². The number of carbonyl (C=O) groups excluding carboxylic acids is 2. The predicted molar refractivity (Wildman–Crippen MR) is 154 cm³/mol. The monoisotopic (exact) mass is 577 g/mol. The van der Waals surface area contributed by atoms with Crippen LogP contribution in [0.2, 0.25) is 0 Å². The maximum Gasteiger partial charge on any atom is 0.375 e. The first-order chi connectivity index (χ1) is 18.5. The number of nitrogens with two attached hydrogens (primary N) is 1. The molecule has 5 N–H and O–H groups in total. The summed E-state index contributed by atoms with van der Waals surface area (Å²) in [6.45, 7) is 6.10. The Kier molecular flexibility index (Phi) is 8.76. The molecule has 0 radical (unpaired) electrons. The normalized spacial score (nSPS) is 23.1. The van der Waals surface area contributed by atoms with Crippen LogP contribution >= 0.6 is 10.7 Å². The van der Waals surface area contributed by atoms with Crippen molar-refractivity contribution in [1.29, 1.82) is 0 Å². The number of primary amides is 1. The molecule has 3 heterocycles. The van der Waals surface area contributed by atoms with Crippen molar-refractivity contribution in [3.63, 3.8) is 0 Å². The van der Waals surface area contributed by atoms with E-state index in [2.05, 4.69) is 20.3 Å². The van der Waals surface area contributed by atoms with Gasteiger partial charge in [0.25, 0.3) is 0 Å². The second-order valence-corrected chi connectivity index (χ2v) is 13.4. The minimum Gasteiger partial charge on any atom is -0.457 e. The van der Waals surface area contributed by atoms with Crippen molar-refractivity contribution >= 4 is 54.7 Å². The van der Waals surface area contributed by atoms with Gasteiger partial charge in [0.2, 0.25) is 11.9 Å². The lowest BCUT2D eigenvalue weighted by molar-refractivity contribution is -0.122. The van der Waals surface area contributed by atoms with E-state index in [1.165, 1.54) is 6.26 Å². The molecule has 3 unspecified atom stereocenters. The van der Waals surface area contributed by atoms with Gasteiger partial charge in [-0.05, 0) is 60.4 Å². The molecule has 1 fully saturated rings. The van der Waals surface area contributed by atoms with Crippen LogP contribution in [0.4, 0.5) is 22.4 Å². The molecule has 4 rings (SSSR count). The minimum absolute atomic E-state index is 0.257. The summed E-state index contributed by atoms with van der Waals surface area (Å²) in [5, 5.41) is 8.22. The SMILES string of the molecule is CCOC(=O)S1=CC(C)(Nc2nc(NCc3ccc(S(C)(=O)=O)cc3)cc(N3CCCC(C(N)=O)C3)n2)CN1. The van der Waals surface area contributed by atoms with Gasteiger partial charge in [-0.1, -0.05) is 12.1 Å². The second kappa shape index (κ2) is 11.9. The van der Waals surface area contributed by atoms with Gasteiger partial charge in [0.15, 0.2) is 9.84 Å². The van der Waals surface area contributed by atoms with Gasteiger partial charge in [-0.2, -0.15) is 9.97 Å². The first-order valence-corrected chi connectivity index (χ1v) is 15.9. The molecule has 2 aliphatic heterocycles. The van der Waals surface area contributed by atoms with E-state index in [1.54, 1.807) is 31.2 Å². The number of sulfone groups is 1. The highest BCUT2D eigenvalue weighted by atomic mass is 32.2. The molecule has 0 spiro atoms. The highest BCUT2D eigenvalue weighted by Crippen LogP contribution is 2.28. The molecule has 14 heteroatoms. The molecule has 12 nitrogen and oxygen atoms in total. The van der Waals surface area contributed by atoms with Crippen LogP contribution in [0.15, 0.2) is 35.2 Å². The highest BCUT2D eigenvalue weighted by Gasteiger charge is 2.32. The Bertz CT molecular complexity index is 1370. The fraction of sp³-hybridized carbons (Fsp3) is 0.480. The third-order valence-electron chi connectivity index (χ3n) is 6.50. The van der Waals surface area contributed by atoms with Crippen molar-refractivity contribution in [2.24, 2.45) is 11.7 Å². The third-order valence-corrected chi connectivity index (χ3v) is 9.31. The second-order valence-electron chi connectivity index (χ2n) is 9.89. The predicted octanol–water partition coefficient (Wildman–Crippen LogP) is 2.11. The Morgan fingerprint density at radius 3 is 2.69 bits per heavy atom. The zero-order valence-corrected chi connectivity index (χ0v) is 23.9. The lowest BCUT2D eigenvalue weighted by Gasteiger charge is -2.32. The smallest absolute Gasteiger partial charge is 0.375 e. The van der Waals surface area contributed by atoms with Crippen LogP contribution in [0.25, 0.3) is 0 Å². The van der Waals surface area contributed by atoms with Crippen molar-refractivity contribution in [2.75, 3.05) is 48.0 Å². The maximum absolute atomic E-state index is 12.2. The Hall–Kier alpha value is -3.23. The zero-order valence-electron chi connectivity index (χ0n) is 22.3. The molecule has 1 amide bonds. The standard InChI is InChI=1S/C25H35N7O5S2/c1-4-37-24(34)38-16-25(2,15-28-38)31-23-29-20(27-13-17-7-9-19(10-8-17)39(3,35)36)12-21(30-23)32-11-5-6-18(14-32)22(26)33/h7-10,12,16,18,28H,4-6,11,13-15H2,1-3H3,(H2,26,33)(H2,27,29,30,31). The molecule has 1 saturated heterocycles. The molecule has 1 aromatic carbocycles. The van der Waals surface area contributed by atoms with Crippen LogP contribution in [0.1, 0.15) is 32.3 Å². The van der Waals surface area contributed by atoms with E-state index in [1.807, 2.05) is 23.3 Å². The van der Waals surface area contributed by atoms with Crippen molar-refractivity contribution in [3.05, 3.63) is 35.9 Å². The highest BCUT2D eigenvalue weighted by molar-refractivity contribution is 8.26. The first-order valence-electron chi connectivity index (χ1n) is 12.7. The van der Waals surface area contributed by atoms with Gasteiger partial charge in [0.1, 0.15) is 11.6 Å². The van der Waals surface area contributed by atoms with Gasteiger partial charge in [-0.3, -0.25) is 9.52 Å². The average molecular weight is 578 g/mol. The number of hydrogen-bond donors (Lipinski definition) is 4. The van der Waals surface area contributed by atoms with E-state index in [-0.39, 0.29) is 22.0 Å². The van der Waals surface area contributed by atoms with Gasteiger partial charge in [0.05, 0.1) is 23.0 Å². The van der Waals surface area contributed by atoms with Crippen LogP contribution < -0.4 is 26.0 Å². The quantitative estimate of drug-likeness (QED) is 0.254. The van der Waals surface area contributed by atoms with E-state index in [0.717, 1.165) is 24.9 Å². The van der Waals surface area contributed by atoms with E-state index < -0.39 is 26.0 Å². The number of nitrogens with one attached hydrogen (secondary N) is 3. The Balaban J connectivity index is 1.58. The molecular weight excluding hydrogens is 542 g/mol. The molecule has 3 atom stereocenters. The summed E-state index contributed by atoms with van der Waals surface area (Å²) in [4.78, 5) is 35.8. The number of aromatic nitrogens is 2. The summed E-state index contributed by atoms with van der Waals surface area (Å²) in [6, 6.07) is 8.48. The number of carbonyl (C=O) groups is 2. The summed E-state index contributed by atoms with van der Waals surface area (Å²) in [5.74, 6) is 0.972. The van der Waals surface area contributed by atoms with E-state index in [0.29, 0.717) is 43.8 Å². The largest absolute Gasteiger partial charge is 0.457 e. The third kappa shape index (κ3) is 7.46. The summed E-state index contributed by atoms with van der Waals surface area (Å²) < 4.78 is 31.9. The van der Waals surface area contributed by atoms with Crippen molar-refractivity contribution < 1.29 is 22.7 Å². The molecule has 0 aliphatic carbocycles. The molecule has 2 aliphatic rings. The number of ether oxygens (including phenoxy) is 1. The fourth-order valence-corrected chi connectivity index (χ4v) is 6.69. The van der Waals surface area contributed by atoms with Crippen molar-refractivity contribution in [3.8, 4) is 0 Å². The molecule has 0 saturated carbocycles. The molecule has 39 heavy (non-hydrogen) atoms. The molecule has 0 bridgehead atoms. The minimum atomic E-state index is -3.28. The zero-order chi connectivity index (χ0) is 28.2. The number of hydrogen-bond acceptors (Lipinski definition) is 11. The summed E-state index contributed by atoms with van der Waals surface area (Å²) in [6.07, 6.45) is 2.73. The topological polar surface area (TPSA) is 169 Å². The van der Waals surface area contributed by atoms with Crippen LogP contribution in [0.5, 0.6) is 0 Å². The number of piperidine rings is 1. The Morgan fingerprint density at radius 2 is 2.03 bits per heavy atom. The lowest BCUT2D eigenvalue weighted by Crippen LogP contribution is -2.42. The van der Waals surface area contributed by atoms with E-state index in [4.69, 9.17) is 15.5 Å². The summed E-state index contributed by atoms with van der Waals surface area (Å²) in [7, 11) is -4.13. The van der Waals surface area contributed by atoms with E-state index >= 15 is 0 Å². The molecule has 212 valence electrons.